The highest BCUT2D eigenvalue weighted by Gasteiger charge is 2.28. The lowest BCUT2D eigenvalue weighted by Gasteiger charge is -2.31. The van der Waals surface area contributed by atoms with Gasteiger partial charge in [-0.05, 0) is 68.0 Å². The lowest BCUT2D eigenvalue weighted by molar-refractivity contribution is 0.308. The van der Waals surface area contributed by atoms with Crippen LogP contribution >= 0.6 is 12.4 Å². The summed E-state index contributed by atoms with van der Waals surface area (Å²) in [5, 5.41) is 3.26. The minimum absolute atomic E-state index is 0. The summed E-state index contributed by atoms with van der Waals surface area (Å²) in [5.41, 5.74) is 0.405. The van der Waals surface area contributed by atoms with Gasteiger partial charge in [-0.3, -0.25) is 4.55 Å². The van der Waals surface area contributed by atoms with Crippen molar-refractivity contribution < 1.29 is 17.4 Å². The standard InChI is InChI=1S/C14H20FNO3S.ClH/c1-2-12(10-5-7-16-8-6-10)13-9-11(15)3-4-14(13)20(17,18)19;/h3-4,9-10,12,16H,2,5-8H2,1H3,(H,17,18,19);1H. The third-order valence-corrected chi connectivity index (χ3v) is 4.97. The molecule has 0 bridgehead atoms. The molecule has 21 heavy (non-hydrogen) atoms. The van der Waals surface area contributed by atoms with Gasteiger partial charge in [0.15, 0.2) is 0 Å². The number of halogens is 2. The molecule has 1 aromatic rings. The minimum Gasteiger partial charge on any atom is -0.317 e. The molecule has 0 aliphatic carbocycles. The van der Waals surface area contributed by atoms with Crippen molar-refractivity contribution >= 4 is 22.5 Å². The van der Waals surface area contributed by atoms with Crippen LogP contribution in [0.4, 0.5) is 4.39 Å². The second-order valence-corrected chi connectivity index (χ2v) is 6.65. The quantitative estimate of drug-likeness (QED) is 0.829. The summed E-state index contributed by atoms with van der Waals surface area (Å²) >= 11 is 0. The molecule has 1 heterocycles. The average molecular weight is 338 g/mol. The first-order valence-corrected chi connectivity index (χ1v) is 8.35. The zero-order valence-electron chi connectivity index (χ0n) is 11.9. The summed E-state index contributed by atoms with van der Waals surface area (Å²) in [5.74, 6) is -0.215. The Hall–Kier alpha value is -0.690. The van der Waals surface area contributed by atoms with Gasteiger partial charge in [-0.1, -0.05) is 6.92 Å². The van der Waals surface area contributed by atoms with Gasteiger partial charge in [-0.15, -0.1) is 12.4 Å². The molecule has 1 fully saturated rings. The smallest absolute Gasteiger partial charge is 0.294 e. The van der Waals surface area contributed by atoms with Crippen LogP contribution in [0.5, 0.6) is 0 Å². The predicted octanol–water partition coefficient (Wildman–Crippen LogP) is 2.99. The van der Waals surface area contributed by atoms with Crippen LogP contribution in [0.15, 0.2) is 23.1 Å². The van der Waals surface area contributed by atoms with Gasteiger partial charge in [0.1, 0.15) is 5.82 Å². The molecule has 0 spiro atoms. The van der Waals surface area contributed by atoms with E-state index in [1.807, 2.05) is 6.92 Å². The Kier molecular flexibility index (Phi) is 6.59. The Morgan fingerprint density at radius 2 is 2.00 bits per heavy atom. The van der Waals surface area contributed by atoms with Crippen molar-refractivity contribution in [3.05, 3.63) is 29.6 Å². The van der Waals surface area contributed by atoms with E-state index >= 15 is 0 Å². The van der Waals surface area contributed by atoms with E-state index in [1.165, 1.54) is 6.07 Å². The maximum absolute atomic E-state index is 13.5. The van der Waals surface area contributed by atoms with E-state index in [0.717, 1.165) is 44.5 Å². The van der Waals surface area contributed by atoms with Gasteiger partial charge in [0, 0.05) is 0 Å². The van der Waals surface area contributed by atoms with Crippen LogP contribution in [0, 0.1) is 11.7 Å². The van der Waals surface area contributed by atoms with E-state index in [0.29, 0.717) is 11.5 Å². The van der Waals surface area contributed by atoms with Crippen molar-refractivity contribution in [2.45, 2.75) is 37.0 Å². The van der Waals surface area contributed by atoms with Gasteiger partial charge < -0.3 is 5.32 Å². The molecule has 7 heteroatoms. The van der Waals surface area contributed by atoms with E-state index < -0.39 is 15.9 Å². The topological polar surface area (TPSA) is 66.4 Å². The number of hydrogen-bond acceptors (Lipinski definition) is 3. The molecule has 1 unspecified atom stereocenters. The zero-order chi connectivity index (χ0) is 14.8. The van der Waals surface area contributed by atoms with Crippen LogP contribution in [-0.2, 0) is 10.1 Å². The fourth-order valence-corrected chi connectivity index (χ4v) is 3.85. The summed E-state index contributed by atoms with van der Waals surface area (Å²) in [6.07, 6.45) is 2.58. The predicted molar refractivity (Wildman–Crippen MR) is 82.1 cm³/mol. The van der Waals surface area contributed by atoms with E-state index in [-0.39, 0.29) is 23.2 Å². The molecule has 1 atom stereocenters. The summed E-state index contributed by atoms with van der Waals surface area (Å²) < 4.78 is 45.8. The molecular formula is C14H21ClFNO3S. The Balaban J connectivity index is 0.00000220. The van der Waals surface area contributed by atoms with Gasteiger partial charge in [-0.2, -0.15) is 8.42 Å². The lowest BCUT2D eigenvalue weighted by Crippen LogP contribution is -2.31. The second kappa shape index (κ2) is 7.54. The fourth-order valence-electron chi connectivity index (χ4n) is 3.10. The largest absolute Gasteiger partial charge is 0.317 e. The van der Waals surface area contributed by atoms with Crippen molar-refractivity contribution in [2.24, 2.45) is 5.92 Å². The van der Waals surface area contributed by atoms with Gasteiger partial charge in [0.05, 0.1) is 4.90 Å². The van der Waals surface area contributed by atoms with Gasteiger partial charge >= 0.3 is 0 Å². The molecule has 4 nitrogen and oxygen atoms in total. The van der Waals surface area contributed by atoms with Crippen LogP contribution in [0.25, 0.3) is 0 Å². The van der Waals surface area contributed by atoms with Crippen LogP contribution < -0.4 is 5.32 Å². The molecule has 1 aromatic carbocycles. The monoisotopic (exact) mass is 337 g/mol. The van der Waals surface area contributed by atoms with Crippen molar-refractivity contribution in [3.8, 4) is 0 Å². The minimum atomic E-state index is -4.33. The van der Waals surface area contributed by atoms with Crippen LogP contribution in [0.2, 0.25) is 0 Å². The Labute approximate surface area is 131 Å². The highest BCUT2D eigenvalue weighted by Crippen LogP contribution is 2.37. The van der Waals surface area contributed by atoms with Gasteiger partial charge in [-0.25, -0.2) is 4.39 Å². The number of nitrogens with one attached hydrogen (secondary N) is 1. The number of piperidine rings is 1. The van der Waals surface area contributed by atoms with E-state index in [4.69, 9.17) is 0 Å². The van der Waals surface area contributed by atoms with Gasteiger partial charge in [0.2, 0.25) is 0 Å². The molecule has 0 amide bonds. The van der Waals surface area contributed by atoms with Crippen molar-refractivity contribution in [2.75, 3.05) is 13.1 Å². The second-order valence-electron chi connectivity index (χ2n) is 5.26. The van der Waals surface area contributed by atoms with Crippen molar-refractivity contribution in [3.63, 3.8) is 0 Å². The average Bonchev–Trinajstić information content (AvgIpc) is 2.39. The zero-order valence-corrected chi connectivity index (χ0v) is 13.5. The molecule has 0 radical (unpaired) electrons. The number of hydrogen-bond donors (Lipinski definition) is 2. The fraction of sp³-hybridized carbons (Fsp3) is 0.571. The molecule has 120 valence electrons. The molecule has 2 rings (SSSR count). The van der Waals surface area contributed by atoms with E-state index in [2.05, 4.69) is 5.32 Å². The SMILES string of the molecule is CCC(c1cc(F)ccc1S(=O)(=O)O)C1CCNCC1.Cl. The number of benzene rings is 1. The van der Waals surface area contributed by atoms with Crippen molar-refractivity contribution in [1.82, 2.24) is 5.32 Å². The Morgan fingerprint density at radius 3 is 2.52 bits per heavy atom. The molecule has 1 saturated heterocycles. The maximum Gasteiger partial charge on any atom is 0.294 e. The molecule has 2 N–H and O–H groups in total. The summed E-state index contributed by atoms with van der Waals surface area (Å²) in [6, 6.07) is 3.48. The molecule has 1 aliphatic heterocycles. The molecule has 0 aromatic heterocycles. The van der Waals surface area contributed by atoms with Crippen molar-refractivity contribution in [1.29, 1.82) is 0 Å². The molecule has 0 saturated carbocycles. The summed E-state index contributed by atoms with van der Waals surface area (Å²) in [7, 11) is -4.33. The Bertz CT molecular complexity index is 574. The highest BCUT2D eigenvalue weighted by atomic mass is 35.5. The third kappa shape index (κ3) is 4.39. The first-order chi connectivity index (χ1) is 9.43. The van der Waals surface area contributed by atoms with Crippen LogP contribution in [0.3, 0.4) is 0 Å². The van der Waals surface area contributed by atoms with Gasteiger partial charge in [0.25, 0.3) is 10.1 Å². The van der Waals surface area contributed by atoms with Crippen LogP contribution in [-0.4, -0.2) is 26.1 Å². The highest BCUT2D eigenvalue weighted by molar-refractivity contribution is 7.85. The lowest BCUT2D eigenvalue weighted by atomic mass is 9.79. The number of rotatable bonds is 4. The normalized spacial score (nSPS) is 18.0. The van der Waals surface area contributed by atoms with E-state index in [1.54, 1.807) is 0 Å². The Morgan fingerprint density at radius 1 is 1.38 bits per heavy atom. The third-order valence-electron chi connectivity index (χ3n) is 4.04. The van der Waals surface area contributed by atoms with Crippen LogP contribution in [0.1, 0.15) is 37.7 Å². The maximum atomic E-state index is 13.5. The molecular weight excluding hydrogens is 317 g/mol. The summed E-state index contributed by atoms with van der Waals surface area (Å²) in [4.78, 5) is -0.163. The molecule has 1 aliphatic rings. The first-order valence-electron chi connectivity index (χ1n) is 6.91. The van der Waals surface area contributed by atoms with E-state index in [9.17, 15) is 17.4 Å². The first kappa shape index (κ1) is 18.4. The summed E-state index contributed by atoms with van der Waals surface area (Å²) in [6.45, 7) is 3.74.